The van der Waals surface area contributed by atoms with Crippen molar-refractivity contribution < 1.29 is 9.59 Å². The van der Waals surface area contributed by atoms with Gasteiger partial charge >= 0.3 is 0 Å². The van der Waals surface area contributed by atoms with Gasteiger partial charge in [-0.1, -0.05) is 55.4 Å². The molecule has 0 unspecified atom stereocenters. The highest BCUT2D eigenvalue weighted by molar-refractivity contribution is 7.99. The van der Waals surface area contributed by atoms with Gasteiger partial charge in [0.15, 0.2) is 11.0 Å². The number of nitrogens with one attached hydrogen (secondary N) is 2. The van der Waals surface area contributed by atoms with Gasteiger partial charge in [0.1, 0.15) is 0 Å². The second-order valence-electron chi connectivity index (χ2n) is 8.26. The molecule has 0 radical (unpaired) electrons. The largest absolute Gasteiger partial charge is 0.342 e. The van der Waals surface area contributed by atoms with Crippen molar-refractivity contribution in [3.05, 3.63) is 71.0 Å². The average Bonchev–Trinajstić information content (AvgIpc) is 3.21. The van der Waals surface area contributed by atoms with Crippen LogP contribution in [0.3, 0.4) is 0 Å². The maximum atomic E-state index is 12.6. The number of carbonyl (C=O) groups excluding carboxylic acids is 2. The quantitative estimate of drug-likeness (QED) is 0.437. The number of aromatic nitrogens is 3. The Morgan fingerprint density at radius 2 is 1.67 bits per heavy atom. The highest BCUT2D eigenvalue weighted by Gasteiger charge is 2.20. The van der Waals surface area contributed by atoms with Crippen LogP contribution in [0.5, 0.6) is 0 Å². The number of rotatable bonds is 9. The van der Waals surface area contributed by atoms with Crippen LogP contribution in [0.25, 0.3) is 0 Å². The molecule has 8 heteroatoms. The molecule has 0 saturated heterocycles. The second kappa shape index (κ2) is 11.1. The Bertz CT molecular complexity index is 1090. The molecule has 2 amide bonds. The third-order valence-corrected chi connectivity index (χ3v) is 6.27. The van der Waals surface area contributed by atoms with Crippen LogP contribution in [-0.2, 0) is 11.3 Å². The smallest absolute Gasteiger partial charge is 0.251 e. The molecule has 1 heterocycles. The Kier molecular flexibility index (Phi) is 8.27. The molecule has 174 valence electrons. The van der Waals surface area contributed by atoms with Gasteiger partial charge in [0.2, 0.25) is 5.91 Å². The molecule has 7 nitrogen and oxygen atoms in total. The zero-order valence-corrected chi connectivity index (χ0v) is 20.6. The number of nitrogens with zero attached hydrogens (tertiary/aromatic N) is 3. The lowest BCUT2D eigenvalue weighted by Crippen LogP contribution is -2.28. The lowest BCUT2D eigenvalue weighted by atomic mass is 10.0. The topological polar surface area (TPSA) is 88.9 Å². The van der Waals surface area contributed by atoms with E-state index in [1.165, 1.54) is 17.3 Å². The van der Waals surface area contributed by atoms with Crippen molar-refractivity contribution in [3.8, 4) is 0 Å². The van der Waals surface area contributed by atoms with Crippen molar-refractivity contribution in [2.24, 2.45) is 0 Å². The van der Waals surface area contributed by atoms with Crippen molar-refractivity contribution in [2.45, 2.75) is 58.3 Å². The van der Waals surface area contributed by atoms with Gasteiger partial charge < -0.3 is 15.2 Å². The standard InChI is InChI=1S/C25H31N5O2S/c1-6-30-23(18(5)26-24(32)20-9-7-17(4)8-10-20)28-29-25(30)33-15-22(31)27-21-13-11-19(12-14-21)16(2)3/h7-14,16,18H,6,15H2,1-5H3,(H,26,32)(H,27,31)/t18-/m1/s1. The fraction of sp³-hybridized carbons (Fsp3) is 0.360. The fourth-order valence-electron chi connectivity index (χ4n) is 3.35. The SMILES string of the molecule is CCn1c(SCC(=O)Nc2ccc(C(C)C)cc2)nnc1[C@@H](C)NC(=O)c1ccc(C)cc1. The van der Waals surface area contributed by atoms with E-state index in [-0.39, 0.29) is 23.6 Å². The molecule has 0 spiro atoms. The highest BCUT2D eigenvalue weighted by atomic mass is 32.2. The summed E-state index contributed by atoms with van der Waals surface area (Å²) in [6.45, 7) is 10.8. The lowest BCUT2D eigenvalue weighted by Gasteiger charge is -2.15. The number of thioether (sulfide) groups is 1. The molecular weight excluding hydrogens is 434 g/mol. The minimum absolute atomic E-state index is 0.106. The van der Waals surface area contributed by atoms with Crippen molar-refractivity contribution >= 4 is 29.3 Å². The Labute approximate surface area is 199 Å². The first kappa shape index (κ1) is 24.5. The molecule has 0 bridgehead atoms. The van der Waals surface area contributed by atoms with Crippen LogP contribution in [-0.4, -0.2) is 32.3 Å². The molecule has 0 fully saturated rings. The van der Waals surface area contributed by atoms with Gasteiger partial charge in [-0.2, -0.15) is 0 Å². The van der Waals surface area contributed by atoms with Crippen LogP contribution < -0.4 is 10.6 Å². The predicted octanol–water partition coefficient (Wildman–Crippen LogP) is 4.95. The van der Waals surface area contributed by atoms with Crippen LogP contribution in [0.1, 0.15) is 67.0 Å². The number of aryl methyl sites for hydroxylation is 1. The van der Waals surface area contributed by atoms with Crippen molar-refractivity contribution in [3.63, 3.8) is 0 Å². The van der Waals surface area contributed by atoms with E-state index in [4.69, 9.17) is 0 Å². The minimum Gasteiger partial charge on any atom is -0.342 e. The van der Waals surface area contributed by atoms with Gasteiger partial charge in [-0.3, -0.25) is 9.59 Å². The summed E-state index contributed by atoms with van der Waals surface area (Å²) in [6.07, 6.45) is 0. The normalized spacial score (nSPS) is 11.9. The Morgan fingerprint density at radius 3 is 2.27 bits per heavy atom. The third-order valence-electron chi connectivity index (χ3n) is 5.30. The van der Waals surface area contributed by atoms with E-state index in [2.05, 4.69) is 34.7 Å². The van der Waals surface area contributed by atoms with Gasteiger partial charge in [-0.15, -0.1) is 10.2 Å². The van der Waals surface area contributed by atoms with E-state index in [9.17, 15) is 9.59 Å². The number of hydrogen-bond acceptors (Lipinski definition) is 5. The molecule has 0 saturated carbocycles. The molecular formula is C25H31N5O2S. The summed E-state index contributed by atoms with van der Waals surface area (Å²) in [5.74, 6) is 1.05. The average molecular weight is 466 g/mol. The number of anilines is 1. The monoisotopic (exact) mass is 465 g/mol. The van der Waals surface area contributed by atoms with E-state index in [1.54, 1.807) is 12.1 Å². The van der Waals surface area contributed by atoms with Crippen LogP contribution in [0.2, 0.25) is 0 Å². The summed E-state index contributed by atoms with van der Waals surface area (Å²) >= 11 is 1.33. The van der Waals surface area contributed by atoms with Crippen molar-refractivity contribution in [1.82, 2.24) is 20.1 Å². The lowest BCUT2D eigenvalue weighted by molar-refractivity contribution is -0.113. The van der Waals surface area contributed by atoms with Gasteiger partial charge in [0.25, 0.3) is 5.91 Å². The second-order valence-corrected chi connectivity index (χ2v) is 9.20. The van der Waals surface area contributed by atoms with Gasteiger partial charge in [-0.25, -0.2) is 0 Å². The number of amides is 2. The number of carbonyl (C=O) groups is 2. The van der Waals surface area contributed by atoms with E-state index in [0.29, 0.717) is 29.0 Å². The minimum atomic E-state index is -0.325. The zero-order chi connectivity index (χ0) is 24.0. The summed E-state index contributed by atoms with van der Waals surface area (Å²) in [7, 11) is 0. The molecule has 1 aromatic heterocycles. The van der Waals surface area contributed by atoms with Crippen LogP contribution in [0.15, 0.2) is 53.7 Å². The summed E-state index contributed by atoms with van der Waals surface area (Å²) in [5, 5.41) is 15.1. The Morgan fingerprint density at radius 1 is 1.00 bits per heavy atom. The first-order valence-corrected chi connectivity index (χ1v) is 12.1. The Hall–Kier alpha value is -3.13. The molecule has 33 heavy (non-hydrogen) atoms. The number of benzene rings is 2. The fourth-order valence-corrected chi connectivity index (χ4v) is 4.16. The molecule has 2 aromatic carbocycles. The van der Waals surface area contributed by atoms with Gasteiger partial charge in [0, 0.05) is 17.8 Å². The molecule has 0 aliphatic heterocycles. The summed E-state index contributed by atoms with van der Waals surface area (Å²) < 4.78 is 1.93. The highest BCUT2D eigenvalue weighted by Crippen LogP contribution is 2.22. The maximum absolute atomic E-state index is 12.6. The Balaban J connectivity index is 1.59. The summed E-state index contributed by atoms with van der Waals surface area (Å²) in [4.78, 5) is 25.0. The molecule has 0 aliphatic carbocycles. The maximum Gasteiger partial charge on any atom is 0.251 e. The molecule has 1 atom stereocenters. The first-order chi connectivity index (χ1) is 15.8. The molecule has 3 aromatic rings. The van der Waals surface area contributed by atoms with E-state index >= 15 is 0 Å². The van der Waals surface area contributed by atoms with E-state index < -0.39 is 0 Å². The summed E-state index contributed by atoms with van der Waals surface area (Å²) in [5.41, 5.74) is 3.70. The van der Waals surface area contributed by atoms with Crippen molar-refractivity contribution in [2.75, 3.05) is 11.1 Å². The molecule has 2 N–H and O–H groups in total. The number of hydrogen-bond donors (Lipinski definition) is 2. The third kappa shape index (κ3) is 6.44. The summed E-state index contributed by atoms with van der Waals surface area (Å²) in [6, 6.07) is 15.0. The molecule has 3 rings (SSSR count). The predicted molar refractivity (Wildman–Crippen MR) is 133 cm³/mol. The van der Waals surface area contributed by atoms with Gasteiger partial charge in [0.05, 0.1) is 11.8 Å². The van der Waals surface area contributed by atoms with E-state index in [1.807, 2.05) is 61.7 Å². The first-order valence-electron chi connectivity index (χ1n) is 11.1. The van der Waals surface area contributed by atoms with Crippen LogP contribution >= 0.6 is 11.8 Å². The zero-order valence-electron chi connectivity index (χ0n) is 19.8. The molecule has 0 aliphatic rings. The van der Waals surface area contributed by atoms with Crippen molar-refractivity contribution in [1.29, 1.82) is 0 Å². The van der Waals surface area contributed by atoms with E-state index in [0.717, 1.165) is 11.3 Å². The van der Waals surface area contributed by atoms with Crippen LogP contribution in [0, 0.1) is 6.92 Å². The van der Waals surface area contributed by atoms with Gasteiger partial charge in [-0.05, 0) is 56.5 Å². The van der Waals surface area contributed by atoms with Crippen LogP contribution in [0.4, 0.5) is 5.69 Å².